The average Bonchev–Trinajstić information content (AvgIpc) is 2.61. The number of hydrogen-bond donors (Lipinski definition) is 1. The summed E-state index contributed by atoms with van der Waals surface area (Å²) in [7, 11) is 0. The summed E-state index contributed by atoms with van der Waals surface area (Å²) in [5.41, 5.74) is 2.21. The number of ether oxygens (including phenoxy) is 1. The third-order valence-electron chi connectivity index (χ3n) is 5.28. The van der Waals surface area contributed by atoms with Gasteiger partial charge in [0.25, 0.3) is 0 Å². The lowest BCUT2D eigenvalue weighted by Gasteiger charge is -2.39. The van der Waals surface area contributed by atoms with Gasteiger partial charge in [-0.1, -0.05) is 24.3 Å². The number of piperidine rings is 1. The quantitative estimate of drug-likeness (QED) is 0.906. The Balaban J connectivity index is 1.48. The summed E-state index contributed by atoms with van der Waals surface area (Å²) in [4.78, 5) is 17.2. The van der Waals surface area contributed by atoms with Crippen molar-refractivity contribution in [2.45, 2.75) is 52.0 Å². The molecule has 2 unspecified atom stereocenters. The summed E-state index contributed by atoms with van der Waals surface area (Å²) in [5.74, 6) is 0.472. The van der Waals surface area contributed by atoms with Crippen LogP contribution >= 0.6 is 0 Å². The van der Waals surface area contributed by atoms with Crippen LogP contribution in [0.1, 0.15) is 37.8 Å². The number of hydrogen-bond acceptors (Lipinski definition) is 4. The zero-order valence-corrected chi connectivity index (χ0v) is 15.4. The number of aliphatic hydroxyl groups is 1. The Morgan fingerprint density at radius 1 is 1.08 bits per heavy atom. The van der Waals surface area contributed by atoms with E-state index in [9.17, 15) is 4.79 Å². The third kappa shape index (κ3) is 4.81. The Morgan fingerprint density at radius 2 is 1.64 bits per heavy atom. The van der Waals surface area contributed by atoms with E-state index in [0.717, 1.165) is 51.1 Å². The van der Waals surface area contributed by atoms with E-state index in [2.05, 4.69) is 17.0 Å². The van der Waals surface area contributed by atoms with Gasteiger partial charge in [-0.15, -0.1) is 0 Å². The largest absolute Gasteiger partial charge is 0.392 e. The molecule has 25 heavy (non-hydrogen) atoms. The van der Waals surface area contributed by atoms with E-state index in [4.69, 9.17) is 9.84 Å². The molecule has 1 aromatic carbocycles. The number of amides is 1. The molecule has 0 bridgehead atoms. The molecule has 2 heterocycles. The van der Waals surface area contributed by atoms with E-state index < -0.39 is 0 Å². The molecule has 2 aliphatic heterocycles. The Labute approximate surface area is 150 Å². The van der Waals surface area contributed by atoms with Gasteiger partial charge >= 0.3 is 0 Å². The van der Waals surface area contributed by atoms with Crippen molar-refractivity contribution in [3.63, 3.8) is 0 Å². The van der Waals surface area contributed by atoms with Crippen molar-refractivity contribution in [2.24, 2.45) is 5.92 Å². The standard InChI is InChI=1S/C20H30N2O3/c1-15-11-22(12-16(2)25-15)20(24)19-7-9-21(10-8-19)13-17-3-5-18(14-23)6-4-17/h3-6,15-16,19,23H,7-14H2,1-2H3. The zero-order valence-electron chi connectivity index (χ0n) is 15.4. The van der Waals surface area contributed by atoms with Crippen LogP contribution in [0.4, 0.5) is 0 Å². The normalized spacial score (nSPS) is 26.0. The van der Waals surface area contributed by atoms with Gasteiger partial charge in [0.15, 0.2) is 0 Å². The fourth-order valence-electron chi connectivity index (χ4n) is 3.96. The fourth-order valence-corrected chi connectivity index (χ4v) is 3.96. The average molecular weight is 346 g/mol. The molecule has 0 saturated carbocycles. The van der Waals surface area contributed by atoms with E-state index in [1.807, 2.05) is 30.9 Å². The zero-order chi connectivity index (χ0) is 17.8. The van der Waals surface area contributed by atoms with Crippen LogP contribution in [0, 0.1) is 5.92 Å². The van der Waals surface area contributed by atoms with Crippen LogP contribution in [0.2, 0.25) is 0 Å². The number of benzene rings is 1. The lowest BCUT2D eigenvalue weighted by atomic mass is 9.94. The van der Waals surface area contributed by atoms with Crippen molar-refractivity contribution in [3.05, 3.63) is 35.4 Å². The first-order chi connectivity index (χ1) is 12.0. The van der Waals surface area contributed by atoms with Crippen molar-refractivity contribution >= 4 is 5.91 Å². The van der Waals surface area contributed by atoms with Gasteiger partial charge in [-0.2, -0.15) is 0 Å². The van der Waals surface area contributed by atoms with Crippen molar-refractivity contribution in [1.29, 1.82) is 0 Å². The molecule has 2 atom stereocenters. The highest BCUT2D eigenvalue weighted by molar-refractivity contribution is 5.79. The van der Waals surface area contributed by atoms with Crippen molar-refractivity contribution in [2.75, 3.05) is 26.2 Å². The van der Waals surface area contributed by atoms with Gasteiger partial charge < -0.3 is 14.7 Å². The first kappa shape index (κ1) is 18.4. The second kappa shape index (κ2) is 8.30. The molecule has 1 amide bonds. The molecular weight excluding hydrogens is 316 g/mol. The Kier molecular flexibility index (Phi) is 6.10. The molecule has 2 aliphatic rings. The summed E-state index contributed by atoms with van der Waals surface area (Å²) < 4.78 is 5.74. The Morgan fingerprint density at radius 3 is 2.20 bits per heavy atom. The summed E-state index contributed by atoms with van der Waals surface area (Å²) in [6, 6.07) is 8.12. The molecule has 2 saturated heterocycles. The van der Waals surface area contributed by atoms with E-state index in [1.165, 1.54) is 5.56 Å². The van der Waals surface area contributed by atoms with Gasteiger partial charge in [-0.25, -0.2) is 0 Å². The number of aliphatic hydroxyl groups excluding tert-OH is 1. The monoisotopic (exact) mass is 346 g/mol. The molecule has 0 aromatic heterocycles. The maximum absolute atomic E-state index is 12.8. The van der Waals surface area contributed by atoms with Gasteiger partial charge in [0.05, 0.1) is 18.8 Å². The minimum absolute atomic E-state index is 0.0898. The predicted octanol–water partition coefficient (Wildman–Crippen LogP) is 2.03. The number of nitrogens with zero attached hydrogens (tertiary/aromatic N) is 2. The highest BCUT2D eigenvalue weighted by atomic mass is 16.5. The molecule has 0 aliphatic carbocycles. The summed E-state index contributed by atoms with van der Waals surface area (Å²) in [6.07, 6.45) is 2.14. The van der Waals surface area contributed by atoms with Gasteiger partial charge in [0, 0.05) is 25.6 Å². The van der Waals surface area contributed by atoms with Crippen molar-refractivity contribution in [3.8, 4) is 0 Å². The number of carbonyl (C=O) groups is 1. The van der Waals surface area contributed by atoms with Gasteiger partial charge in [0.1, 0.15) is 0 Å². The smallest absolute Gasteiger partial charge is 0.225 e. The molecule has 0 spiro atoms. The fraction of sp³-hybridized carbons (Fsp3) is 0.650. The maximum atomic E-state index is 12.8. The molecular formula is C20H30N2O3. The Hall–Kier alpha value is -1.43. The van der Waals surface area contributed by atoms with Gasteiger partial charge in [0.2, 0.25) is 5.91 Å². The summed E-state index contributed by atoms with van der Waals surface area (Å²) in [5, 5.41) is 9.12. The van der Waals surface area contributed by atoms with Gasteiger partial charge in [-0.3, -0.25) is 9.69 Å². The van der Waals surface area contributed by atoms with Crippen LogP contribution in [0.25, 0.3) is 0 Å². The molecule has 1 aromatic rings. The maximum Gasteiger partial charge on any atom is 0.225 e. The minimum atomic E-state index is 0.0898. The molecule has 3 rings (SSSR count). The van der Waals surface area contributed by atoms with Crippen LogP contribution in [0.3, 0.4) is 0 Å². The molecule has 5 nitrogen and oxygen atoms in total. The second-order valence-electron chi connectivity index (χ2n) is 7.53. The lowest BCUT2D eigenvalue weighted by Crippen LogP contribution is -2.51. The first-order valence-corrected chi connectivity index (χ1v) is 9.40. The number of likely N-dealkylation sites (tertiary alicyclic amines) is 1. The van der Waals surface area contributed by atoms with Crippen molar-refractivity contribution in [1.82, 2.24) is 9.80 Å². The molecule has 1 N–H and O–H groups in total. The number of carbonyl (C=O) groups excluding carboxylic acids is 1. The van der Waals surface area contributed by atoms with Crippen LogP contribution in [0.15, 0.2) is 24.3 Å². The molecule has 0 radical (unpaired) electrons. The highest BCUT2D eigenvalue weighted by Crippen LogP contribution is 2.23. The summed E-state index contributed by atoms with van der Waals surface area (Å²) >= 11 is 0. The first-order valence-electron chi connectivity index (χ1n) is 9.40. The van der Waals surface area contributed by atoms with Crippen LogP contribution in [-0.4, -0.2) is 59.2 Å². The van der Waals surface area contributed by atoms with E-state index in [0.29, 0.717) is 5.91 Å². The van der Waals surface area contributed by atoms with Crippen molar-refractivity contribution < 1.29 is 14.6 Å². The molecule has 2 fully saturated rings. The van der Waals surface area contributed by atoms with Crippen LogP contribution in [-0.2, 0) is 22.7 Å². The van der Waals surface area contributed by atoms with E-state index in [-0.39, 0.29) is 24.7 Å². The number of morpholine rings is 1. The number of rotatable bonds is 4. The topological polar surface area (TPSA) is 53.0 Å². The van der Waals surface area contributed by atoms with Crippen LogP contribution < -0.4 is 0 Å². The molecule has 5 heteroatoms. The Bertz CT molecular complexity index is 557. The van der Waals surface area contributed by atoms with Gasteiger partial charge in [-0.05, 0) is 50.9 Å². The SMILES string of the molecule is CC1CN(C(=O)C2CCN(Cc3ccc(CO)cc3)CC2)CC(C)O1. The predicted molar refractivity (Wildman–Crippen MR) is 97.0 cm³/mol. The lowest BCUT2D eigenvalue weighted by molar-refractivity contribution is -0.148. The van der Waals surface area contributed by atoms with Crippen LogP contribution in [0.5, 0.6) is 0 Å². The van der Waals surface area contributed by atoms with E-state index in [1.54, 1.807) is 0 Å². The van der Waals surface area contributed by atoms with E-state index >= 15 is 0 Å². The summed E-state index contributed by atoms with van der Waals surface area (Å²) in [6.45, 7) is 8.47. The highest BCUT2D eigenvalue weighted by Gasteiger charge is 2.32. The third-order valence-corrected chi connectivity index (χ3v) is 5.28. The minimum Gasteiger partial charge on any atom is -0.392 e. The molecule has 138 valence electrons. The second-order valence-corrected chi connectivity index (χ2v) is 7.53.